The lowest BCUT2D eigenvalue weighted by Crippen LogP contribution is -2.60. The van der Waals surface area contributed by atoms with Crippen molar-refractivity contribution in [3.8, 4) is 0 Å². The van der Waals surface area contributed by atoms with E-state index in [2.05, 4.69) is 12.2 Å². The van der Waals surface area contributed by atoms with Crippen LogP contribution in [-0.2, 0) is 4.74 Å². The van der Waals surface area contributed by atoms with E-state index in [0.29, 0.717) is 31.2 Å². The van der Waals surface area contributed by atoms with Crippen molar-refractivity contribution in [2.75, 3.05) is 19.8 Å². The molecule has 1 saturated heterocycles. The molecular formula is C14H28N2O2. The summed E-state index contributed by atoms with van der Waals surface area (Å²) < 4.78 is 5.76. The van der Waals surface area contributed by atoms with Crippen molar-refractivity contribution in [3.63, 3.8) is 0 Å². The maximum Gasteiger partial charge on any atom is 0.0590 e. The average Bonchev–Trinajstić information content (AvgIpc) is 2.86. The van der Waals surface area contributed by atoms with Crippen molar-refractivity contribution >= 4 is 0 Å². The number of hydrogen-bond donors (Lipinski definition) is 3. The van der Waals surface area contributed by atoms with Gasteiger partial charge in [0.2, 0.25) is 0 Å². The molecule has 4 atom stereocenters. The Kier molecular flexibility index (Phi) is 5.01. The lowest BCUT2D eigenvalue weighted by molar-refractivity contribution is -0.0329. The van der Waals surface area contributed by atoms with Gasteiger partial charge < -0.3 is 20.9 Å². The second-order valence-corrected chi connectivity index (χ2v) is 5.96. The van der Waals surface area contributed by atoms with E-state index in [1.165, 1.54) is 12.8 Å². The highest BCUT2D eigenvalue weighted by molar-refractivity contribution is 4.98. The second kappa shape index (κ2) is 6.33. The van der Waals surface area contributed by atoms with Crippen molar-refractivity contribution < 1.29 is 9.84 Å². The molecule has 0 aromatic rings. The van der Waals surface area contributed by atoms with E-state index in [4.69, 9.17) is 10.5 Å². The van der Waals surface area contributed by atoms with Gasteiger partial charge in [-0.3, -0.25) is 0 Å². The fourth-order valence-corrected chi connectivity index (χ4v) is 3.49. The number of aliphatic hydroxyl groups is 1. The van der Waals surface area contributed by atoms with Crippen LogP contribution in [0.1, 0.15) is 45.4 Å². The predicted molar refractivity (Wildman–Crippen MR) is 72.4 cm³/mol. The fraction of sp³-hybridized carbons (Fsp3) is 1.00. The molecule has 18 heavy (non-hydrogen) atoms. The van der Waals surface area contributed by atoms with E-state index in [0.717, 1.165) is 32.3 Å². The van der Waals surface area contributed by atoms with E-state index in [9.17, 15) is 5.11 Å². The molecule has 106 valence electrons. The van der Waals surface area contributed by atoms with Gasteiger partial charge in [-0.1, -0.05) is 13.3 Å². The number of aliphatic hydroxyl groups excluding tert-OH is 1. The normalized spacial score (nSPS) is 41.2. The van der Waals surface area contributed by atoms with Crippen LogP contribution in [0.25, 0.3) is 0 Å². The summed E-state index contributed by atoms with van der Waals surface area (Å²) in [5.41, 5.74) is 6.07. The Labute approximate surface area is 110 Å². The summed E-state index contributed by atoms with van der Waals surface area (Å²) in [6, 6.07) is 0.439. The predicted octanol–water partition coefficient (Wildman–Crippen LogP) is 1.02. The van der Waals surface area contributed by atoms with Gasteiger partial charge in [0.15, 0.2) is 0 Å². The van der Waals surface area contributed by atoms with Gasteiger partial charge in [-0.15, -0.1) is 0 Å². The minimum Gasteiger partial charge on any atom is -0.396 e. The molecule has 0 spiro atoms. The topological polar surface area (TPSA) is 67.5 Å². The number of ether oxygens (including phenoxy) is 1. The molecule has 4 heteroatoms. The van der Waals surface area contributed by atoms with Crippen LogP contribution in [0.2, 0.25) is 0 Å². The van der Waals surface area contributed by atoms with Crippen LogP contribution in [-0.4, -0.2) is 42.5 Å². The van der Waals surface area contributed by atoms with Gasteiger partial charge in [0.05, 0.1) is 6.10 Å². The van der Waals surface area contributed by atoms with E-state index in [-0.39, 0.29) is 5.54 Å². The van der Waals surface area contributed by atoms with Crippen LogP contribution in [0, 0.1) is 5.92 Å². The third kappa shape index (κ3) is 3.05. The van der Waals surface area contributed by atoms with Crippen molar-refractivity contribution in [1.29, 1.82) is 0 Å². The summed E-state index contributed by atoms with van der Waals surface area (Å²) in [5.74, 6) is 0.413. The Balaban J connectivity index is 1.98. The zero-order valence-corrected chi connectivity index (χ0v) is 11.5. The highest BCUT2D eigenvalue weighted by Crippen LogP contribution is 2.31. The van der Waals surface area contributed by atoms with E-state index in [1.54, 1.807) is 0 Å². The third-order valence-electron chi connectivity index (χ3n) is 4.78. The van der Waals surface area contributed by atoms with Crippen LogP contribution in [0.4, 0.5) is 0 Å². The Morgan fingerprint density at radius 3 is 2.94 bits per heavy atom. The quantitative estimate of drug-likeness (QED) is 0.687. The molecule has 0 radical (unpaired) electrons. The number of nitrogens with one attached hydrogen (secondary N) is 1. The molecule has 0 aromatic carbocycles. The average molecular weight is 256 g/mol. The van der Waals surface area contributed by atoms with Crippen LogP contribution in [0.15, 0.2) is 0 Å². The van der Waals surface area contributed by atoms with Crippen molar-refractivity contribution in [3.05, 3.63) is 0 Å². The number of nitrogens with two attached hydrogens (primary N) is 1. The summed E-state index contributed by atoms with van der Waals surface area (Å²) >= 11 is 0. The van der Waals surface area contributed by atoms with E-state index < -0.39 is 0 Å². The summed E-state index contributed by atoms with van der Waals surface area (Å²) in [5, 5.41) is 13.2. The highest BCUT2D eigenvalue weighted by Gasteiger charge is 2.39. The standard InChI is InChI=1S/C14H28N2O2/c1-2-12-8-14(10-15,6-7-18-12)16-13-5-3-4-11(13)9-17/h11-13,16-17H,2-10,15H2,1H3. The molecule has 2 aliphatic rings. The summed E-state index contributed by atoms with van der Waals surface area (Å²) in [4.78, 5) is 0. The first kappa shape index (κ1) is 14.3. The number of hydrogen-bond acceptors (Lipinski definition) is 4. The van der Waals surface area contributed by atoms with Gasteiger partial charge >= 0.3 is 0 Å². The molecule has 2 rings (SSSR count). The molecule has 0 amide bonds. The first-order valence-corrected chi connectivity index (χ1v) is 7.43. The van der Waals surface area contributed by atoms with E-state index in [1.807, 2.05) is 0 Å². The molecule has 4 unspecified atom stereocenters. The monoisotopic (exact) mass is 256 g/mol. The lowest BCUT2D eigenvalue weighted by Gasteiger charge is -2.43. The SMILES string of the molecule is CCC1CC(CN)(NC2CCCC2CO)CCO1. The zero-order valence-electron chi connectivity index (χ0n) is 11.5. The van der Waals surface area contributed by atoms with Crippen LogP contribution >= 0.6 is 0 Å². The summed E-state index contributed by atoms with van der Waals surface area (Å²) in [6.45, 7) is 3.94. The lowest BCUT2D eigenvalue weighted by atomic mass is 9.84. The molecule has 0 aromatic heterocycles. The smallest absolute Gasteiger partial charge is 0.0590 e. The Morgan fingerprint density at radius 1 is 1.44 bits per heavy atom. The zero-order chi connectivity index (χ0) is 13.0. The van der Waals surface area contributed by atoms with Crippen LogP contribution < -0.4 is 11.1 Å². The van der Waals surface area contributed by atoms with E-state index >= 15 is 0 Å². The number of rotatable bonds is 5. The van der Waals surface area contributed by atoms with Crippen LogP contribution in [0.5, 0.6) is 0 Å². The first-order valence-electron chi connectivity index (χ1n) is 7.43. The van der Waals surface area contributed by atoms with Crippen molar-refractivity contribution in [2.45, 2.75) is 63.1 Å². The molecule has 1 saturated carbocycles. The molecule has 4 nitrogen and oxygen atoms in total. The molecule has 0 bridgehead atoms. The molecule has 1 aliphatic carbocycles. The summed E-state index contributed by atoms with van der Waals surface area (Å²) in [7, 11) is 0. The minimum atomic E-state index is 0.0291. The largest absolute Gasteiger partial charge is 0.396 e. The minimum absolute atomic E-state index is 0.0291. The van der Waals surface area contributed by atoms with Gasteiger partial charge in [-0.25, -0.2) is 0 Å². The molecule has 1 aliphatic heterocycles. The Bertz CT molecular complexity index is 262. The summed E-state index contributed by atoms with van der Waals surface area (Å²) in [6.07, 6.45) is 6.93. The molecule has 4 N–H and O–H groups in total. The fourth-order valence-electron chi connectivity index (χ4n) is 3.49. The highest BCUT2D eigenvalue weighted by atomic mass is 16.5. The third-order valence-corrected chi connectivity index (χ3v) is 4.78. The maximum absolute atomic E-state index is 9.42. The van der Waals surface area contributed by atoms with Gasteiger partial charge in [-0.05, 0) is 38.0 Å². The van der Waals surface area contributed by atoms with Gasteiger partial charge in [-0.2, -0.15) is 0 Å². The van der Waals surface area contributed by atoms with Crippen molar-refractivity contribution in [1.82, 2.24) is 5.32 Å². The molecule has 1 heterocycles. The van der Waals surface area contributed by atoms with Gasteiger partial charge in [0.25, 0.3) is 0 Å². The Hall–Kier alpha value is -0.160. The van der Waals surface area contributed by atoms with Gasteiger partial charge in [0, 0.05) is 31.3 Å². The molecular weight excluding hydrogens is 228 g/mol. The maximum atomic E-state index is 9.42. The van der Waals surface area contributed by atoms with Gasteiger partial charge in [0.1, 0.15) is 0 Å². The Morgan fingerprint density at radius 2 is 2.28 bits per heavy atom. The molecule has 2 fully saturated rings. The first-order chi connectivity index (χ1) is 8.73. The van der Waals surface area contributed by atoms with Crippen molar-refractivity contribution in [2.24, 2.45) is 11.7 Å². The van der Waals surface area contributed by atoms with Crippen LogP contribution in [0.3, 0.4) is 0 Å². The second-order valence-electron chi connectivity index (χ2n) is 5.96.